The molecule has 1 heterocycles. The highest BCUT2D eigenvalue weighted by Gasteiger charge is 2.30. The van der Waals surface area contributed by atoms with Crippen LogP contribution in [-0.2, 0) is 10.3 Å². The number of hydrogen-bond donors (Lipinski definition) is 2. The van der Waals surface area contributed by atoms with Crippen LogP contribution in [0, 0.1) is 6.92 Å². The first-order valence-corrected chi connectivity index (χ1v) is 6.09. The molecule has 1 unspecified atom stereocenters. The largest absolute Gasteiger partial charge is 0.323 e. The minimum atomic E-state index is -1.08. The molecule has 19 heavy (non-hydrogen) atoms. The van der Waals surface area contributed by atoms with E-state index in [1.807, 2.05) is 37.3 Å². The van der Waals surface area contributed by atoms with Gasteiger partial charge < -0.3 is 11.1 Å². The van der Waals surface area contributed by atoms with E-state index in [0.29, 0.717) is 5.69 Å². The van der Waals surface area contributed by atoms with Gasteiger partial charge in [-0.3, -0.25) is 9.78 Å². The van der Waals surface area contributed by atoms with Gasteiger partial charge in [0.25, 0.3) is 0 Å². The van der Waals surface area contributed by atoms with E-state index in [1.54, 1.807) is 25.3 Å². The zero-order chi connectivity index (χ0) is 13.9. The van der Waals surface area contributed by atoms with Gasteiger partial charge in [-0.1, -0.05) is 30.3 Å². The maximum Gasteiger partial charge on any atom is 0.248 e. The number of aromatic nitrogens is 1. The third-order valence-corrected chi connectivity index (χ3v) is 3.10. The number of aryl methyl sites for hydroxylation is 1. The molecular formula is C15H17N3O. The predicted molar refractivity (Wildman–Crippen MR) is 75.6 cm³/mol. The van der Waals surface area contributed by atoms with Crippen LogP contribution in [-0.4, -0.2) is 10.9 Å². The smallest absolute Gasteiger partial charge is 0.248 e. The standard InChI is InChI=1S/C15H17N3O/c1-11-13(9-6-10-17-11)18-14(19)15(2,16)12-7-4-3-5-8-12/h3-10H,16H2,1-2H3,(H,18,19). The van der Waals surface area contributed by atoms with Crippen molar-refractivity contribution in [3.05, 3.63) is 59.9 Å². The average Bonchev–Trinajstić information content (AvgIpc) is 2.42. The molecule has 1 aromatic carbocycles. The maximum absolute atomic E-state index is 12.3. The fourth-order valence-corrected chi connectivity index (χ4v) is 1.78. The summed E-state index contributed by atoms with van der Waals surface area (Å²) < 4.78 is 0. The molecule has 0 aliphatic carbocycles. The summed E-state index contributed by atoms with van der Waals surface area (Å²) in [5.74, 6) is -0.255. The van der Waals surface area contributed by atoms with Crippen LogP contribution in [0.4, 0.5) is 5.69 Å². The van der Waals surface area contributed by atoms with Crippen LogP contribution in [0.15, 0.2) is 48.7 Å². The molecule has 0 radical (unpaired) electrons. The Morgan fingerprint density at radius 3 is 2.53 bits per heavy atom. The van der Waals surface area contributed by atoms with Gasteiger partial charge in [0.1, 0.15) is 5.54 Å². The van der Waals surface area contributed by atoms with E-state index < -0.39 is 5.54 Å². The van der Waals surface area contributed by atoms with Gasteiger partial charge in [0.15, 0.2) is 0 Å². The van der Waals surface area contributed by atoms with Crippen LogP contribution < -0.4 is 11.1 Å². The van der Waals surface area contributed by atoms with Crippen molar-refractivity contribution in [1.29, 1.82) is 0 Å². The molecule has 2 rings (SSSR count). The van der Waals surface area contributed by atoms with Crippen LogP contribution >= 0.6 is 0 Å². The van der Waals surface area contributed by atoms with Crippen LogP contribution in [0.5, 0.6) is 0 Å². The first-order chi connectivity index (χ1) is 9.01. The quantitative estimate of drug-likeness (QED) is 0.883. The third-order valence-electron chi connectivity index (χ3n) is 3.10. The Hall–Kier alpha value is -2.20. The van der Waals surface area contributed by atoms with Gasteiger partial charge in [-0.2, -0.15) is 0 Å². The van der Waals surface area contributed by atoms with Gasteiger partial charge in [0.05, 0.1) is 11.4 Å². The maximum atomic E-state index is 12.3. The van der Waals surface area contributed by atoms with Crippen LogP contribution in [0.25, 0.3) is 0 Å². The van der Waals surface area contributed by atoms with Crippen LogP contribution in [0.1, 0.15) is 18.2 Å². The molecule has 1 amide bonds. The molecule has 2 aromatic rings. The van der Waals surface area contributed by atoms with E-state index in [4.69, 9.17) is 5.73 Å². The first kappa shape index (κ1) is 13.2. The van der Waals surface area contributed by atoms with Gasteiger partial charge >= 0.3 is 0 Å². The predicted octanol–water partition coefficient (Wildman–Crippen LogP) is 2.20. The summed E-state index contributed by atoms with van der Waals surface area (Å²) in [5, 5.41) is 2.82. The molecule has 0 saturated heterocycles. The Balaban J connectivity index is 2.23. The molecule has 0 aliphatic rings. The molecule has 0 fully saturated rings. The van der Waals surface area contributed by atoms with E-state index in [0.717, 1.165) is 11.3 Å². The number of amides is 1. The number of carbonyl (C=O) groups excluding carboxylic acids is 1. The fourth-order valence-electron chi connectivity index (χ4n) is 1.78. The number of nitrogens with one attached hydrogen (secondary N) is 1. The van der Waals surface area contributed by atoms with Crippen molar-refractivity contribution in [3.8, 4) is 0 Å². The summed E-state index contributed by atoms with van der Waals surface area (Å²) >= 11 is 0. The van der Waals surface area contributed by atoms with Crippen molar-refractivity contribution in [3.63, 3.8) is 0 Å². The summed E-state index contributed by atoms with van der Waals surface area (Å²) in [7, 11) is 0. The zero-order valence-electron chi connectivity index (χ0n) is 11.1. The molecule has 1 atom stereocenters. The molecule has 98 valence electrons. The lowest BCUT2D eigenvalue weighted by Crippen LogP contribution is -2.45. The van der Waals surface area contributed by atoms with Crippen molar-refractivity contribution in [1.82, 2.24) is 4.98 Å². The number of benzene rings is 1. The lowest BCUT2D eigenvalue weighted by atomic mass is 9.92. The molecule has 1 aromatic heterocycles. The monoisotopic (exact) mass is 255 g/mol. The second kappa shape index (κ2) is 5.20. The number of nitrogens with two attached hydrogens (primary N) is 1. The third kappa shape index (κ3) is 2.80. The highest BCUT2D eigenvalue weighted by Crippen LogP contribution is 2.20. The summed E-state index contributed by atoms with van der Waals surface area (Å²) in [4.78, 5) is 16.5. The number of pyridine rings is 1. The second-order valence-corrected chi connectivity index (χ2v) is 4.66. The normalized spacial score (nSPS) is 13.6. The van der Waals surface area contributed by atoms with Crippen molar-refractivity contribution in [2.75, 3.05) is 5.32 Å². The molecule has 0 saturated carbocycles. The molecule has 0 bridgehead atoms. The zero-order valence-corrected chi connectivity index (χ0v) is 11.1. The minimum Gasteiger partial charge on any atom is -0.323 e. The summed E-state index contributed by atoms with van der Waals surface area (Å²) in [5.41, 5.74) is 7.28. The van der Waals surface area contributed by atoms with E-state index in [-0.39, 0.29) is 5.91 Å². The molecule has 0 spiro atoms. The Kier molecular flexibility index (Phi) is 3.62. The molecule has 0 aliphatic heterocycles. The highest BCUT2D eigenvalue weighted by atomic mass is 16.2. The highest BCUT2D eigenvalue weighted by molar-refractivity contribution is 5.98. The number of rotatable bonds is 3. The van der Waals surface area contributed by atoms with E-state index in [9.17, 15) is 4.79 Å². The van der Waals surface area contributed by atoms with Crippen molar-refractivity contribution in [2.24, 2.45) is 5.73 Å². The Morgan fingerprint density at radius 2 is 1.89 bits per heavy atom. The fraction of sp³-hybridized carbons (Fsp3) is 0.200. The molecule has 3 N–H and O–H groups in total. The van der Waals surface area contributed by atoms with Crippen LogP contribution in [0.3, 0.4) is 0 Å². The van der Waals surface area contributed by atoms with E-state index in [2.05, 4.69) is 10.3 Å². The second-order valence-electron chi connectivity index (χ2n) is 4.66. The van der Waals surface area contributed by atoms with Gasteiger partial charge in [-0.15, -0.1) is 0 Å². The lowest BCUT2D eigenvalue weighted by Gasteiger charge is -2.24. The van der Waals surface area contributed by atoms with Gasteiger partial charge in [-0.05, 0) is 31.5 Å². The summed E-state index contributed by atoms with van der Waals surface area (Å²) in [6, 6.07) is 12.9. The van der Waals surface area contributed by atoms with Gasteiger partial charge in [0.2, 0.25) is 5.91 Å². The molecule has 4 nitrogen and oxygen atoms in total. The lowest BCUT2D eigenvalue weighted by molar-refractivity contribution is -0.120. The van der Waals surface area contributed by atoms with Crippen LogP contribution in [0.2, 0.25) is 0 Å². The number of carbonyl (C=O) groups is 1. The molecular weight excluding hydrogens is 238 g/mol. The number of hydrogen-bond acceptors (Lipinski definition) is 3. The molecule has 4 heteroatoms. The minimum absolute atomic E-state index is 0.255. The summed E-state index contributed by atoms with van der Waals surface area (Å²) in [6.07, 6.45) is 1.68. The van der Waals surface area contributed by atoms with Crippen molar-refractivity contribution < 1.29 is 4.79 Å². The van der Waals surface area contributed by atoms with E-state index >= 15 is 0 Å². The summed E-state index contributed by atoms with van der Waals surface area (Å²) in [6.45, 7) is 3.54. The SMILES string of the molecule is Cc1ncccc1NC(=O)C(C)(N)c1ccccc1. The Morgan fingerprint density at radius 1 is 1.21 bits per heavy atom. The Bertz CT molecular complexity index is 579. The Labute approximate surface area is 112 Å². The average molecular weight is 255 g/mol. The number of nitrogens with zero attached hydrogens (tertiary/aromatic N) is 1. The van der Waals surface area contributed by atoms with Crippen molar-refractivity contribution >= 4 is 11.6 Å². The van der Waals surface area contributed by atoms with Gasteiger partial charge in [0, 0.05) is 6.20 Å². The first-order valence-electron chi connectivity index (χ1n) is 6.09. The topological polar surface area (TPSA) is 68.0 Å². The number of anilines is 1. The van der Waals surface area contributed by atoms with Gasteiger partial charge in [-0.25, -0.2) is 0 Å². The van der Waals surface area contributed by atoms with E-state index in [1.165, 1.54) is 0 Å². The van der Waals surface area contributed by atoms with Crippen molar-refractivity contribution in [2.45, 2.75) is 19.4 Å².